The monoisotopic (exact) mass is 273 g/mol. The number of aromatic hydroxyl groups is 1. The van der Waals surface area contributed by atoms with Gasteiger partial charge in [0.2, 0.25) is 0 Å². The van der Waals surface area contributed by atoms with E-state index in [9.17, 15) is 5.11 Å². The summed E-state index contributed by atoms with van der Waals surface area (Å²) in [5.41, 5.74) is 0.786. The molecular formula is C13H11N3O2S. The second-order valence-electron chi connectivity index (χ2n) is 3.87. The Labute approximate surface area is 113 Å². The van der Waals surface area contributed by atoms with Crippen LogP contribution in [0.15, 0.2) is 35.7 Å². The van der Waals surface area contributed by atoms with Crippen LogP contribution >= 0.6 is 11.3 Å². The number of methoxy groups -OCH3 is 1. The van der Waals surface area contributed by atoms with Crippen molar-refractivity contribution in [3.8, 4) is 33.6 Å². The van der Waals surface area contributed by atoms with Crippen LogP contribution in [0.1, 0.15) is 0 Å². The molecule has 3 aromatic rings. The number of thiophene rings is 1. The van der Waals surface area contributed by atoms with E-state index in [1.807, 2.05) is 17.5 Å². The van der Waals surface area contributed by atoms with Crippen molar-refractivity contribution in [1.82, 2.24) is 15.2 Å². The predicted molar refractivity (Wildman–Crippen MR) is 73.3 cm³/mol. The average Bonchev–Trinajstić information content (AvgIpc) is 3.10. The topological polar surface area (TPSA) is 71.0 Å². The minimum atomic E-state index is 0.0975. The molecular weight excluding hydrogens is 262 g/mol. The van der Waals surface area contributed by atoms with E-state index in [1.165, 1.54) is 7.11 Å². The summed E-state index contributed by atoms with van der Waals surface area (Å²) in [5.74, 6) is 1.80. The number of phenols is 1. The van der Waals surface area contributed by atoms with Gasteiger partial charge in [0.1, 0.15) is 0 Å². The lowest BCUT2D eigenvalue weighted by Gasteiger charge is -2.03. The minimum Gasteiger partial charge on any atom is -0.504 e. The van der Waals surface area contributed by atoms with Crippen LogP contribution in [-0.4, -0.2) is 27.4 Å². The second-order valence-corrected chi connectivity index (χ2v) is 4.82. The predicted octanol–water partition coefficient (Wildman–Crippen LogP) is 2.91. The lowest BCUT2D eigenvalue weighted by molar-refractivity contribution is 0.373. The fraction of sp³-hybridized carbons (Fsp3) is 0.0769. The maximum Gasteiger partial charge on any atom is 0.181 e. The van der Waals surface area contributed by atoms with Crippen LogP contribution in [0, 0.1) is 0 Å². The molecule has 0 saturated carbocycles. The molecule has 0 aliphatic carbocycles. The Balaban J connectivity index is 1.99. The summed E-state index contributed by atoms with van der Waals surface area (Å²) < 4.78 is 5.07. The number of phenolic OH excluding ortho intramolecular Hbond substituents is 1. The Morgan fingerprint density at radius 3 is 2.95 bits per heavy atom. The Bertz CT molecular complexity index is 692. The van der Waals surface area contributed by atoms with Gasteiger partial charge in [-0.15, -0.1) is 11.3 Å². The molecule has 0 aliphatic heterocycles. The van der Waals surface area contributed by atoms with Crippen LogP contribution in [0.5, 0.6) is 11.5 Å². The Hall–Kier alpha value is -2.34. The first kappa shape index (κ1) is 11.7. The zero-order valence-electron chi connectivity index (χ0n) is 10.1. The number of rotatable bonds is 3. The zero-order chi connectivity index (χ0) is 13.2. The maximum atomic E-state index is 9.57. The first-order valence-electron chi connectivity index (χ1n) is 5.61. The van der Waals surface area contributed by atoms with E-state index in [0.717, 1.165) is 16.3 Å². The molecule has 19 heavy (non-hydrogen) atoms. The molecule has 0 radical (unpaired) electrons. The van der Waals surface area contributed by atoms with E-state index < -0.39 is 0 Å². The minimum absolute atomic E-state index is 0.0975. The number of nitrogens with one attached hydrogen (secondary N) is 1. The normalized spacial score (nSPS) is 10.6. The molecule has 3 rings (SSSR count). The highest BCUT2D eigenvalue weighted by Crippen LogP contribution is 2.31. The summed E-state index contributed by atoms with van der Waals surface area (Å²) in [6.45, 7) is 0. The third-order valence-electron chi connectivity index (χ3n) is 2.68. The molecule has 2 aromatic heterocycles. The largest absolute Gasteiger partial charge is 0.504 e. The van der Waals surface area contributed by atoms with E-state index in [1.54, 1.807) is 29.5 Å². The van der Waals surface area contributed by atoms with Crippen molar-refractivity contribution in [2.24, 2.45) is 0 Å². The lowest BCUT2D eigenvalue weighted by Crippen LogP contribution is -1.86. The Morgan fingerprint density at radius 1 is 1.32 bits per heavy atom. The number of benzene rings is 1. The fourth-order valence-electron chi connectivity index (χ4n) is 1.73. The van der Waals surface area contributed by atoms with Crippen molar-refractivity contribution in [2.45, 2.75) is 0 Å². The number of hydrogen-bond donors (Lipinski definition) is 2. The van der Waals surface area contributed by atoms with Crippen LogP contribution < -0.4 is 4.74 Å². The van der Waals surface area contributed by atoms with Gasteiger partial charge in [0.15, 0.2) is 23.1 Å². The fourth-order valence-corrected chi connectivity index (χ4v) is 2.39. The molecule has 1 aromatic carbocycles. The van der Waals surface area contributed by atoms with Crippen molar-refractivity contribution < 1.29 is 9.84 Å². The molecule has 0 aliphatic rings. The molecule has 2 N–H and O–H groups in total. The third kappa shape index (κ3) is 2.17. The molecule has 6 heteroatoms. The molecule has 96 valence electrons. The Kier molecular flexibility index (Phi) is 2.92. The second kappa shape index (κ2) is 4.74. The number of nitrogens with zero attached hydrogens (tertiary/aromatic N) is 2. The van der Waals surface area contributed by atoms with Crippen LogP contribution in [0.2, 0.25) is 0 Å². The quantitative estimate of drug-likeness (QED) is 0.769. The highest BCUT2D eigenvalue weighted by molar-refractivity contribution is 7.13. The summed E-state index contributed by atoms with van der Waals surface area (Å²) in [7, 11) is 1.51. The van der Waals surface area contributed by atoms with Gasteiger partial charge < -0.3 is 9.84 Å². The molecule has 0 atom stereocenters. The van der Waals surface area contributed by atoms with Gasteiger partial charge in [0, 0.05) is 5.56 Å². The van der Waals surface area contributed by atoms with Gasteiger partial charge in [-0.2, -0.15) is 5.10 Å². The van der Waals surface area contributed by atoms with Crippen LogP contribution in [0.25, 0.3) is 22.1 Å². The first-order valence-corrected chi connectivity index (χ1v) is 6.49. The first-order chi connectivity index (χ1) is 9.28. The van der Waals surface area contributed by atoms with Crippen molar-refractivity contribution >= 4 is 11.3 Å². The summed E-state index contributed by atoms with van der Waals surface area (Å²) in [4.78, 5) is 5.47. The van der Waals surface area contributed by atoms with Gasteiger partial charge in [-0.3, -0.25) is 5.10 Å². The van der Waals surface area contributed by atoms with Crippen molar-refractivity contribution in [3.63, 3.8) is 0 Å². The highest BCUT2D eigenvalue weighted by Gasteiger charge is 2.10. The molecule has 0 spiro atoms. The summed E-state index contributed by atoms with van der Waals surface area (Å²) in [5, 5.41) is 18.6. The van der Waals surface area contributed by atoms with Gasteiger partial charge in [-0.05, 0) is 29.6 Å². The molecule has 0 bridgehead atoms. The van der Waals surface area contributed by atoms with E-state index in [2.05, 4.69) is 15.2 Å². The van der Waals surface area contributed by atoms with Gasteiger partial charge in [0.25, 0.3) is 0 Å². The lowest BCUT2D eigenvalue weighted by atomic mass is 10.2. The molecule has 0 unspecified atom stereocenters. The van der Waals surface area contributed by atoms with Crippen molar-refractivity contribution in [2.75, 3.05) is 7.11 Å². The van der Waals surface area contributed by atoms with E-state index in [4.69, 9.17) is 4.74 Å². The summed E-state index contributed by atoms with van der Waals surface area (Å²) in [6.07, 6.45) is 0. The van der Waals surface area contributed by atoms with Crippen molar-refractivity contribution in [3.05, 3.63) is 35.7 Å². The van der Waals surface area contributed by atoms with E-state index >= 15 is 0 Å². The smallest absolute Gasteiger partial charge is 0.181 e. The van der Waals surface area contributed by atoms with Crippen LogP contribution in [0.3, 0.4) is 0 Å². The average molecular weight is 273 g/mol. The molecule has 0 amide bonds. The number of aromatic nitrogens is 3. The summed E-state index contributed by atoms with van der Waals surface area (Å²) in [6, 6.07) is 8.96. The third-order valence-corrected chi connectivity index (χ3v) is 3.55. The Morgan fingerprint density at radius 2 is 2.21 bits per heavy atom. The van der Waals surface area contributed by atoms with Gasteiger partial charge in [0.05, 0.1) is 12.0 Å². The number of hydrogen-bond acceptors (Lipinski definition) is 5. The highest BCUT2D eigenvalue weighted by atomic mass is 32.1. The zero-order valence-corrected chi connectivity index (χ0v) is 10.9. The van der Waals surface area contributed by atoms with E-state index in [0.29, 0.717) is 11.6 Å². The number of H-pyrrole nitrogens is 1. The standard InChI is InChI=1S/C13H11N3O2S/c1-18-10-7-8(4-5-9(10)17)12-14-13(16-15-12)11-3-2-6-19-11/h2-7,17H,1H3,(H,14,15,16). The van der Waals surface area contributed by atoms with Gasteiger partial charge in [-0.1, -0.05) is 6.07 Å². The summed E-state index contributed by atoms with van der Waals surface area (Å²) >= 11 is 1.60. The molecule has 0 saturated heterocycles. The van der Waals surface area contributed by atoms with E-state index in [-0.39, 0.29) is 5.75 Å². The van der Waals surface area contributed by atoms with Crippen molar-refractivity contribution in [1.29, 1.82) is 0 Å². The SMILES string of the molecule is COc1cc(-c2n[nH]c(-c3cccs3)n2)ccc1O. The van der Waals surface area contributed by atoms with Gasteiger partial charge >= 0.3 is 0 Å². The van der Waals surface area contributed by atoms with Gasteiger partial charge in [-0.25, -0.2) is 4.98 Å². The molecule has 2 heterocycles. The number of aromatic amines is 1. The number of ether oxygens (including phenoxy) is 1. The molecule has 0 fully saturated rings. The maximum absolute atomic E-state index is 9.57. The van der Waals surface area contributed by atoms with Crippen LogP contribution in [-0.2, 0) is 0 Å². The van der Waals surface area contributed by atoms with Crippen LogP contribution in [0.4, 0.5) is 0 Å². The molecule has 5 nitrogen and oxygen atoms in total.